The fourth-order valence-corrected chi connectivity index (χ4v) is 4.17. The van der Waals surface area contributed by atoms with Gasteiger partial charge in [0, 0.05) is 0 Å². The van der Waals surface area contributed by atoms with E-state index in [0.29, 0.717) is 5.69 Å². The molecule has 1 heterocycles. The second-order valence-electron chi connectivity index (χ2n) is 4.76. The molecule has 1 N–H and O–H groups in total. The maximum Gasteiger partial charge on any atom is 0.236 e. The molecular weight excluding hydrogens is 304 g/mol. The number of sulfonamides is 1. The van der Waals surface area contributed by atoms with Gasteiger partial charge in [0.15, 0.2) is 0 Å². The van der Waals surface area contributed by atoms with Crippen LogP contribution in [0.15, 0.2) is 48.5 Å². The zero-order valence-corrected chi connectivity index (χ0v) is 13.0. The normalized spacial score (nSPS) is 11.7. The standard InChI is InChI=1S/C15H14N2O2S2/c1-11-16-14-8-7-13(9-15(14)20-11)17-21(18,19)10-12-5-3-2-4-6-12/h2-9,17H,10H2,1H3. The molecule has 3 aromatic rings. The van der Waals surface area contributed by atoms with Crippen molar-refractivity contribution in [2.45, 2.75) is 12.7 Å². The lowest BCUT2D eigenvalue weighted by atomic mass is 10.2. The summed E-state index contributed by atoms with van der Waals surface area (Å²) in [5.74, 6) is -0.0341. The Morgan fingerprint density at radius 1 is 1.14 bits per heavy atom. The Balaban J connectivity index is 1.83. The summed E-state index contributed by atoms with van der Waals surface area (Å²) in [5.41, 5.74) is 2.23. The molecule has 0 amide bonds. The Hall–Kier alpha value is -1.92. The number of fused-ring (bicyclic) bond motifs is 1. The van der Waals surface area contributed by atoms with E-state index in [0.717, 1.165) is 20.8 Å². The third kappa shape index (κ3) is 3.40. The third-order valence-corrected chi connectivity index (χ3v) is 5.16. The molecule has 0 aliphatic carbocycles. The summed E-state index contributed by atoms with van der Waals surface area (Å²) < 4.78 is 28.0. The number of aryl methyl sites for hydroxylation is 1. The fourth-order valence-electron chi connectivity index (χ4n) is 2.11. The largest absolute Gasteiger partial charge is 0.283 e. The predicted octanol–water partition coefficient (Wildman–Crippen LogP) is 3.55. The first-order valence-electron chi connectivity index (χ1n) is 6.43. The van der Waals surface area contributed by atoms with E-state index in [1.807, 2.05) is 37.3 Å². The summed E-state index contributed by atoms with van der Waals surface area (Å²) >= 11 is 1.55. The maximum atomic E-state index is 12.2. The summed E-state index contributed by atoms with van der Waals surface area (Å²) in [6.07, 6.45) is 0. The van der Waals surface area contributed by atoms with Crippen molar-refractivity contribution in [3.05, 3.63) is 59.1 Å². The van der Waals surface area contributed by atoms with Gasteiger partial charge in [-0.3, -0.25) is 4.72 Å². The van der Waals surface area contributed by atoms with Crippen LogP contribution in [-0.4, -0.2) is 13.4 Å². The van der Waals surface area contributed by atoms with Crippen molar-refractivity contribution < 1.29 is 8.42 Å². The summed E-state index contributed by atoms with van der Waals surface area (Å²) in [6, 6.07) is 14.5. The van der Waals surface area contributed by atoms with Gasteiger partial charge >= 0.3 is 0 Å². The van der Waals surface area contributed by atoms with Crippen molar-refractivity contribution in [2.75, 3.05) is 4.72 Å². The van der Waals surface area contributed by atoms with Crippen molar-refractivity contribution in [2.24, 2.45) is 0 Å². The zero-order chi connectivity index (χ0) is 14.9. The molecule has 4 nitrogen and oxygen atoms in total. The first-order valence-corrected chi connectivity index (χ1v) is 8.90. The number of rotatable bonds is 4. The number of hydrogen-bond donors (Lipinski definition) is 1. The molecule has 0 atom stereocenters. The Labute approximate surface area is 127 Å². The zero-order valence-electron chi connectivity index (χ0n) is 11.4. The number of nitrogens with zero attached hydrogens (tertiary/aromatic N) is 1. The van der Waals surface area contributed by atoms with Crippen LogP contribution in [0.25, 0.3) is 10.2 Å². The SMILES string of the molecule is Cc1nc2ccc(NS(=O)(=O)Cc3ccccc3)cc2s1. The summed E-state index contributed by atoms with van der Waals surface area (Å²) in [5, 5.41) is 0.967. The topological polar surface area (TPSA) is 59.1 Å². The van der Waals surface area contributed by atoms with Crippen LogP contribution >= 0.6 is 11.3 Å². The Morgan fingerprint density at radius 3 is 2.67 bits per heavy atom. The number of benzene rings is 2. The van der Waals surface area contributed by atoms with Crippen LogP contribution in [0, 0.1) is 6.92 Å². The summed E-state index contributed by atoms with van der Waals surface area (Å²) in [6.45, 7) is 1.93. The van der Waals surface area contributed by atoms with Gasteiger partial charge in [-0.25, -0.2) is 13.4 Å². The molecule has 3 rings (SSSR count). The number of hydrogen-bond acceptors (Lipinski definition) is 4. The highest BCUT2D eigenvalue weighted by Gasteiger charge is 2.12. The second-order valence-corrected chi connectivity index (χ2v) is 7.72. The lowest BCUT2D eigenvalue weighted by molar-refractivity contribution is 0.600. The molecule has 0 spiro atoms. The molecule has 0 aliphatic heterocycles. The molecule has 2 aromatic carbocycles. The first kappa shape index (κ1) is 14.0. The van der Waals surface area contributed by atoms with Crippen molar-refractivity contribution in [1.82, 2.24) is 4.98 Å². The molecule has 0 saturated heterocycles. The van der Waals surface area contributed by atoms with Gasteiger partial charge in [-0.2, -0.15) is 0 Å². The lowest BCUT2D eigenvalue weighted by Crippen LogP contribution is -2.14. The van der Waals surface area contributed by atoms with Crippen LogP contribution in [-0.2, 0) is 15.8 Å². The highest BCUT2D eigenvalue weighted by Crippen LogP contribution is 2.25. The molecule has 108 valence electrons. The van der Waals surface area contributed by atoms with Gasteiger partial charge in [0.25, 0.3) is 0 Å². The van der Waals surface area contributed by atoms with Crippen molar-refractivity contribution in [1.29, 1.82) is 0 Å². The van der Waals surface area contributed by atoms with Gasteiger partial charge < -0.3 is 0 Å². The van der Waals surface area contributed by atoms with E-state index in [1.165, 1.54) is 0 Å². The molecule has 21 heavy (non-hydrogen) atoms. The summed E-state index contributed by atoms with van der Waals surface area (Å²) in [4.78, 5) is 4.36. The van der Waals surface area contributed by atoms with Gasteiger partial charge in [0.05, 0.1) is 26.7 Å². The van der Waals surface area contributed by atoms with Crippen LogP contribution in [0.5, 0.6) is 0 Å². The molecule has 0 saturated carbocycles. The van der Waals surface area contributed by atoms with Crippen LogP contribution in [0.2, 0.25) is 0 Å². The summed E-state index contributed by atoms with van der Waals surface area (Å²) in [7, 11) is -3.42. The average Bonchev–Trinajstić information content (AvgIpc) is 2.78. The van der Waals surface area contributed by atoms with E-state index in [2.05, 4.69) is 9.71 Å². The highest BCUT2D eigenvalue weighted by molar-refractivity contribution is 7.91. The van der Waals surface area contributed by atoms with Crippen LogP contribution in [0.4, 0.5) is 5.69 Å². The third-order valence-electron chi connectivity index (χ3n) is 2.97. The predicted molar refractivity (Wildman–Crippen MR) is 87.0 cm³/mol. The molecular formula is C15H14N2O2S2. The molecule has 1 aromatic heterocycles. The molecule has 0 fully saturated rings. The Bertz CT molecular complexity index is 871. The molecule has 0 unspecified atom stereocenters. The minimum atomic E-state index is -3.42. The number of anilines is 1. The second kappa shape index (κ2) is 5.46. The van der Waals surface area contributed by atoms with E-state index in [9.17, 15) is 8.42 Å². The van der Waals surface area contributed by atoms with E-state index in [4.69, 9.17) is 0 Å². The van der Waals surface area contributed by atoms with Crippen LogP contribution in [0.1, 0.15) is 10.6 Å². The van der Waals surface area contributed by atoms with Crippen LogP contribution < -0.4 is 4.72 Å². The highest BCUT2D eigenvalue weighted by atomic mass is 32.2. The first-order chi connectivity index (χ1) is 10.0. The smallest absolute Gasteiger partial charge is 0.236 e. The van der Waals surface area contributed by atoms with E-state index in [-0.39, 0.29) is 5.75 Å². The quantitative estimate of drug-likeness (QED) is 0.800. The maximum absolute atomic E-state index is 12.2. The number of nitrogens with one attached hydrogen (secondary N) is 1. The molecule has 0 aliphatic rings. The monoisotopic (exact) mass is 318 g/mol. The van der Waals surface area contributed by atoms with Gasteiger partial charge in [0.1, 0.15) is 0 Å². The molecule has 0 bridgehead atoms. The van der Waals surface area contributed by atoms with E-state index < -0.39 is 10.0 Å². The van der Waals surface area contributed by atoms with Gasteiger partial charge in [-0.1, -0.05) is 30.3 Å². The fraction of sp³-hybridized carbons (Fsp3) is 0.133. The van der Waals surface area contributed by atoms with Gasteiger partial charge in [0.2, 0.25) is 10.0 Å². The average molecular weight is 318 g/mol. The van der Waals surface area contributed by atoms with E-state index >= 15 is 0 Å². The Kier molecular flexibility index (Phi) is 3.65. The van der Waals surface area contributed by atoms with Gasteiger partial charge in [-0.05, 0) is 30.7 Å². The van der Waals surface area contributed by atoms with Gasteiger partial charge in [-0.15, -0.1) is 11.3 Å². The van der Waals surface area contributed by atoms with Crippen molar-refractivity contribution >= 4 is 37.3 Å². The number of thiazole rings is 1. The molecule has 0 radical (unpaired) electrons. The minimum Gasteiger partial charge on any atom is -0.283 e. The minimum absolute atomic E-state index is 0.0341. The molecule has 6 heteroatoms. The number of aromatic nitrogens is 1. The lowest BCUT2D eigenvalue weighted by Gasteiger charge is -2.08. The van der Waals surface area contributed by atoms with Crippen LogP contribution in [0.3, 0.4) is 0 Å². The Morgan fingerprint density at radius 2 is 1.90 bits per heavy atom. The van der Waals surface area contributed by atoms with Crippen molar-refractivity contribution in [3.8, 4) is 0 Å². The van der Waals surface area contributed by atoms with Crippen molar-refractivity contribution in [3.63, 3.8) is 0 Å². The van der Waals surface area contributed by atoms with E-state index in [1.54, 1.807) is 29.5 Å².